The van der Waals surface area contributed by atoms with E-state index < -0.39 is 23.9 Å². The third-order valence-corrected chi connectivity index (χ3v) is 3.60. The summed E-state index contributed by atoms with van der Waals surface area (Å²) in [5.74, 6) is -1.15. The van der Waals surface area contributed by atoms with Crippen LogP contribution in [0.4, 0.5) is 4.79 Å². The topological polar surface area (TPSA) is 102 Å². The summed E-state index contributed by atoms with van der Waals surface area (Å²) in [5.41, 5.74) is 1.10. The van der Waals surface area contributed by atoms with Crippen molar-refractivity contribution in [3.8, 4) is 5.75 Å². The van der Waals surface area contributed by atoms with E-state index in [4.69, 9.17) is 9.47 Å². The van der Waals surface area contributed by atoms with Crippen molar-refractivity contribution in [3.63, 3.8) is 0 Å². The van der Waals surface area contributed by atoms with Crippen LogP contribution in [-0.2, 0) is 16.1 Å². The zero-order chi connectivity index (χ0) is 18.9. The number of aliphatic carboxylic acids is 1. The third kappa shape index (κ3) is 5.62. The smallest absolute Gasteiger partial charge is 0.408 e. The first kappa shape index (κ1) is 19.0. The van der Waals surface area contributed by atoms with Gasteiger partial charge in [-0.05, 0) is 29.8 Å². The number of rotatable bonds is 8. The number of nitrogens with one attached hydrogen (secondary N) is 1. The van der Waals surface area contributed by atoms with Crippen molar-refractivity contribution in [1.29, 1.82) is 0 Å². The predicted molar refractivity (Wildman–Crippen MR) is 93.1 cm³/mol. The molecule has 1 atom stereocenters. The van der Waals surface area contributed by atoms with Gasteiger partial charge in [0.05, 0.1) is 7.11 Å². The van der Waals surface area contributed by atoms with Crippen LogP contribution in [0.3, 0.4) is 0 Å². The normalized spacial score (nSPS) is 11.3. The summed E-state index contributed by atoms with van der Waals surface area (Å²) < 4.78 is 9.99. The van der Waals surface area contributed by atoms with E-state index >= 15 is 0 Å². The van der Waals surface area contributed by atoms with Crippen molar-refractivity contribution in [3.05, 3.63) is 65.7 Å². The molecule has 1 amide bonds. The Morgan fingerprint density at radius 2 is 1.69 bits per heavy atom. The number of amides is 1. The van der Waals surface area contributed by atoms with Crippen molar-refractivity contribution < 1.29 is 29.0 Å². The highest BCUT2D eigenvalue weighted by molar-refractivity contribution is 5.99. The highest BCUT2D eigenvalue weighted by Crippen LogP contribution is 2.13. The van der Waals surface area contributed by atoms with E-state index in [-0.39, 0.29) is 13.0 Å². The Morgan fingerprint density at radius 3 is 2.27 bits per heavy atom. The van der Waals surface area contributed by atoms with Crippen molar-refractivity contribution in [2.75, 3.05) is 7.11 Å². The lowest BCUT2D eigenvalue weighted by molar-refractivity contribution is -0.139. The number of carboxylic acids is 1. The molecule has 7 heteroatoms. The highest BCUT2D eigenvalue weighted by Gasteiger charge is 2.24. The van der Waals surface area contributed by atoms with Crippen molar-refractivity contribution in [1.82, 2.24) is 5.32 Å². The average molecular weight is 357 g/mol. The number of Topliss-reactive ketones (excluding diaryl/α,β-unsaturated/α-hetero) is 1. The molecule has 2 N–H and O–H groups in total. The number of carbonyl (C=O) groups excluding carboxylic acids is 2. The molecule has 0 saturated heterocycles. The molecule has 0 bridgehead atoms. The van der Waals surface area contributed by atoms with Gasteiger partial charge >= 0.3 is 12.1 Å². The van der Waals surface area contributed by atoms with Crippen molar-refractivity contribution in [2.45, 2.75) is 19.1 Å². The van der Waals surface area contributed by atoms with Crippen LogP contribution in [0.5, 0.6) is 5.75 Å². The van der Waals surface area contributed by atoms with Gasteiger partial charge < -0.3 is 19.9 Å². The molecule has 0 fully saturated rings. The Hall–Kier alpha value is -3.35. The molecule has 7 nitrogen and oxygen atoms in total. The summed E-state index contributed by atoms with van der Waals surface area (Å²) in [5, 5.41) is 11.4. The fourth-order valence-electron chi connectivity index (χ4n) is 2.19. The Morgan fingerprint density at radius 1 is 1.04 bits per heavy atom. The molecular weight excluding hydrogens is 338 g/mol. The van der Waals surface area contributed by atoms with E-state index in [1.165, 1.54) is 19.2 Å². The van der Waals surface area contributed by atoms with E-state index in [1.54, 1.807) is 36.4 Å². The molecule has 0 aliphatic carbocycles. The Kier molecular flexibility index (Phi) is 6.73. The van der Waals surface area contributed by atoms with Crippen LogP contribution in [0.2, 0.25) is 0 Å². The van der Waals surface area contributed by atoms with Gasteiger partial charge in [0.25, 0.3) is 0 Å². The van der Waals surface area contributed by atoms with Crippen LogP contribution in [0.15, 0.2) is 54.6 Å². The third-order valence-electron chi connectivity index (χ3n) is 3.60. The van der Waals surface area contributed by atoms with E-state index in [0.29, 0.717) is 11.3 Å². The second kappa shape index (κ2) is 9.22. The average Bonchev–Trinajstić information content (AvgIpc) is 2.66. The summed E-state index contributed by atoms with van der Waals surface area (Å²) in [4.78, 5) is 35.4. The van der Waals surface area contributed by atoms with Gasteiger partial charge in [-0.2, -0.15) is 0 Å². The van der Waals surface area contributed by atoms with Gasteiger partial charge in [0.1, 0.15) is 18.4 Å². The minimum atomic E-state index is -1.38. The first-order valence-corrected chi connectivity index (χ1v) is 7.87. The standard InChI is InChI=1S/C19H19NO6/c1-25-15-9-7-14(8-10-15)17(21)11-16(18(22)23)20-19(24)26-12-13-5-3-2-4-6-13/h2-10,16H,11-12H2,1H3,(H,20,24)(H,22,23). The van der Waals surface area contributed by atoms with Crippen LogP contribution in [-0.4, -0.2) is 36.1 Å². The minimum absolute atomic E-state index is 0.00540. The second-order valence-corrected chi connectivity index (χ2v) is 5.45. The summed E-state index contributed by atoms with van der Waals surface area (Å²) in [6.45, 7) is 0.00540. The van der Waals surface area contributed by atoms with Gasteiger partial charge in [-0.15, -0.1) is 0 Å². The molecule has 0 spiro atoms. The fraction of sp³-hybridized carbons (Fsp3) is 0.211. The summed E-state index contributed by atoms with van der Waals surface area (Å²) in [6, 6.07) is 13.9. The quantitative estimate of drug-likeness (QED) is 0.704. The summed E-state index contributed by atoms with van der Waals surface area (Å²) >= 11 is 0. The van der Waals surface area contributed by atoms with Crippen molar-refractivity contribution in [2.24, 2.45) is 0 Å². The fourth-order valence-corrected chi connectivity index (χ4v) is 2.19. The molecular formula is C19H19NO6. The first-order chi connectivity index (χ1) is 12.5. The molecule has 1 unspecified atom stereocenters. The van der Waals surface area contributed by atoms with Gasteiger partial charge in [-0.25, -0.2) is 9.59 Å². The maximum Gasteiger partial charge on any atom is 0.408 e. The SMILES string of the molecule is COc1ccc(C(=O)CC(NC(=O)OCc2ccccc2)C(=O)O)cc1. The lowest BCUT2D eigenvalue weighted by Gasteiger charge is -2.14. The minimum Gasteiger partial charge on any atom is -0.497 e. The van der Waals surface area contributed by atoms with Gasteiger partial charge in [0.2, 0.25) is 0 Å². The molecule has 0 radical (unpaired) electrons. The Labute approximate surface area is 150 Å². The van der Waals surface area contributed by atoms with E-state index in [9.17, 15) is 19.5 Å². The number of benzene rings is 2. The van der Waals surface area contributed by atoms with E-state index in [1.807, 2.05) is 6.07 Å². The highest BCUT2D eigenvalue weighted by atomic mass is 16.5. The molecule has 2 aromatic rings. The Bertz CT molecular complexity index is 757. The lowest BCUT2D eigenvalue weighted by atomic mass is 10.0. The number of hydrogen-bond donors (Lipinski definition) is 2. The monoisotopic (exact) mass is 357 g/mol. The van der Waals surface area contributed by atoms with Gasteiger partial charge in [-0.1, -0.05) is 30.3 Å². The maximum absolute atomic E-state index is 12.2. The zero-order valence-electron chi connectivity index (χ0n) is 14.2. The number of ketones is 1. The molecule has 136 valence electrons. The number of ether oxygens (including phenoxy) is 2. The van der Waals surface area contributed by atoms with E-state index in [2.05, 4.69) is 5.32 Å². The van der Waals surface area contributed by atoms with Crippen LogP contribution >= 0.6 is 0 Å². The first-order valence-electron chi connectivity index (χ1n) is 7.87. The number of hydrogen-bond acceptors (Lipinski definition) is 5. The van der Waals surface area contributed by atoms with Crippen LogP contribution in [0.1, 0.15) is 22.3 Å². The van der Waals surface area contributed by atoms with Crippen molar-refractivity contribution >= 4 is 17.8 Å². The van der Waals surface area contributed by atoms with Gasteiger partial charge in [0.15, 0.2) is 5.78 Å². The molecule has 0 aliphatic heterocycles. The maximum atomic E-state index is 12.2. The van der Waals surface area contributed by atoms with Crippen LogP contribution < -0.4 is 10.1 Å². The predicted octanol–water partition coefficient (Wildman–Crippen LogP) is 2.65. The van der Waals surface area contributed by atoms with Crippen LogP contribution in [0.25, 0.3) is 0 Å². The Balaban J connectivity index is 1.91. The van der Waals surface area contributed by atoms with Gasteiger partial charge in [0, 0.05) is 12.0 Å². The largest absolute Gasteiger partial charge is 0.497 e. The molecule has 0 heterocycles. The molecule has 0 aromatic heterocycles. The van der Waals surface area contributed by atoms with Crippen LogP contribution in [0, 0.1) is 0 Å². The number of alkyl carbamates (subject to hydrolysis) is 1. The molecule has 0 saturated carbocycles. The number of methoxy groups -OCH3 is 1. The molecule has 26 heavy (non-hydrogen) atoms. The molecule has 2 rings (SSSR count). The summed E-state index contributed by atoms with van der Waals surface area (Å²) in [6.07, 6.45) is -1.29. The molecule has 2 aromatic carbocycles. The number of carboxylic acid groups (broad SMARTS) is 1. The van der Waals surface area contributed by atoms with E-state index in [0.717, 1.165) is 5.56 Å². The second-order valence-electron chi connectivity index (χ2n) is 5.45. The molecule has 0 aliphatic rings. The number of carbonyl (C=O) groups is 3. The summed E-state index contributed by atoms with van der Waals surface area (Å²) in [7, 11) is 1.50. The van der Waals surface area contributed by atoms with Gasteiger partial charge in [-0.3, -0.25) is 4.79 Å². The zero-order valence-corrected chi connectivity index (χ0v) is 14.2. The lowest BCUT2D eigenvalue weighted by Crippen LogP contribution is -2.42.